The van der Waals surface area contributed by atoms with E-state index in [2.05, 4.69) is 39.3 Å². The van der Waals surface area contributed by atoms with Crippen LogP contribution in [0.5, 0.6) is 5.75 Å². The van der Waals surface area contributed by atoms with Gasteiger partial charge in [-0.25, -0.2) is 0 Å². The van der Waals surface area contributed by atoms with Crippen LogP contribution >= 0.6 is 11.9 Å². The highest BCUT2D eigenvalue weighted by Crippen LogP contribution is 2.31. The second-order valence-electron chi connectivity index (χ2n) is 6.95. The molecule has 1 fully saturated rings. The van der Waals surface area contributed by atoms with Gasteiger partial charge in [-0.05, 0) is 42.1 Å². The first kappa shape index (κ1) is 19.3. The second-order valence-corrected chi connectivity index (χ2v) is 7.94. The quantitative estimate of drug-likeness (QED) is 0.503. The first-order valence-electron chi connectivity index (χ1n) is 9.70. The fourth-order valence-corrected chi connectivity index (χ4v) is 4.40. The van der Waals surface area contributed by atoms with Crippen LogP contribution in [0.3, 0.4) is 0 Å². The van der Waals surface area contributed by atoms with Crippen LogP contribution in [-0.4, -0.2) is 35.2 Å². The summed E-state index contributed by atoms with van der Waals surface area (Å²) in [7, 11) is 0. The van der Waals surface area contributed by atoms with Gasteiger partial charge in [-0.3, -0.25) is 9.79 Å². The third-order valence-electron chi connectivity index (χ3n) is 4.94. The average Bonchev–Trinajstić information content (AvgIpc) is 3.17. The first-order valence-corrected chi connectivity index (χ1v) is 10.6. The van der Waals surface area contributed by atoms with Crippen LogP contribution < -0.4 is 10.0 Å². The van der Waals surface area contributed by atoms with Crippen molar-refractivity contribution in [3.8, 4) is 16.9 Å². The van der Waals surface area contributed by atoms with E-state index in [1.807, 2.05) is 24.3 Å². The molecule has 0 aromatic heterocycles. The van der Waals surface area contributed by atoms with E-state index in [1.165, 1.54) is 0 Å². The van der Waals surface area contributed by atoms with Crippen molar-refractivity contribution < 1.29 is 9.90 Å². The lowest BCUT2D eigenvalue weighted by atomic mass is 9.99. The third kappa shape index (κ3) is 4.54. The van der Waals surface area contributed by atoms with Gasteiger partial charge < -0.3 is 15.1 Å². The number of carbonyl (C=O) groups is 1. The van der Waals surface area contributed by atoms with Crippen molar-refractivity contribution in [1.82, 2.24) is 10.0 Å². The molecule has 2 aliphatic rings. The van der Waals surface area contributed by atoms with Crippen molar-refractivity contribution in [2.24, 2.45) is 10.9 Å². The molecule has 1 saturated heterocycles. The standard InChI is InChI=1S/C23H23N3O2S/c27-20-11-3-1-9-18(20)16-7-5-8-17(15-16)23(28)25-14-6-13-24-22-19-10-2-4-12-21(19)29-26-22/h1-5,7-12,15,19,21,27H,6,13-14H2,(H,24,26)(H,25,28). The van der Waals surface area contributed by atoms with E-state index >= 15 is 0 Å². The number of benzene rings is 2. The molecule has 2 aromatic carbocycles. The molecule has 0 bridgehead atoms. The van der Waals surface area contributed by atoms with Gasteiger partial charge in [-0.2, -0.15) is 0 Å². The predicted molar refractivity (Wildman–Crippen MR) is 119 cm³/mol. The molecule has 6 heteroatoms. The van der Waals surface area contributed by atoms with Gasteiger partial charge in [0.25, 0.3) is 5.91 Å². The van der Waals surface area contributed by atoms with Crippen LogP contribution in [0.2, 0.25) is 0 Å². The first-order chi connectivity index (χ1) is 14.2. The van der Waals surface area contributed by atoms with Gasteiger partial charge in [-0.1, -0.05) is 54.6 Å². The molecule has 2 atom stereocenters. The number of amides is 1. The van der Waals surface area contributed by atoms with E-state index in [4.69, 9.17) is 0 Å². The fraction of sp³-hybridized carbons (Fsp3) is 0.217. The van der Waals surface area contributed by atoms with E-state index in [9.17, 15) is 9.90 Å². The number of allylic oxidation sites excluding steroid dienone is 2. The smallest absolute Gasteiger partial charge is 0.251 e. The fourth-order valence-electron chi connectivity index (χ4n) is 3.41. The van der Waals surface area contributed by atoms with Crippen LogP contribution in [0.15, 0.2) is 77.8 Å². The molecule has 0 spiro atoms. The summed E-state index contributed by atoms with van der Waals surface area (Å²) in [6.45, 7) is 1.23. The van der Waals surface area contributed by atoms with Gasteiger partial charge in [-0.15, -0.1) is 0 Å². The number of para-hydroxylation sites is 1. The normalized spacial score (nSPS) is 21.0. The summed E-state index contributed by atoms with van der Waals surface area (Å²) in [6.07, 6.45) is 9.28. The minimum Gasteiger partial charge on any atom is -0.507 e. The highest BCUT2D eigenvalue weighted by Gasteiger charge is 2.30. The molecule has 0 saturated carbocycles. The summed E-state index contributed by atoms with van der Waals surface area (Å²) in [5, 5.41) is 13.4. The van der Waals surface area contributed by atoms with Crippen LogP contribution in [-0.2, 0) is 0 Å². The molecule has 148 valence electrons. The lowest BCUT2D eigenvalue weighted by molar-refractivity contribution is 0.0953. The van der Waals surface area contributed by atoms with Gasteiger partial charge in [0.05, 0.1) is 11.2 Å². The number of nitrogens with one attached hydrogen (secondary N) is 2. The lowest BCUT2D eigenvalue weighted by Crippen LogP contribution is -2.25. The number of hydrogen-bond donors (Lipinski definition) is 3. The zero-order valence-electron chi connectivity index (χ0n) is 15.9. The zero-order valence-corrected chi connectivity index (χ0v) is 16.7. The van der Waals surface area contributed by atoms with Crippen molar-refractivity contribution >= 4 is 23.7 Å². The number of rotatable bonds is 6. The lowest BCUT2D eigenvalue weighted by Gasteiger charge is -2.12. The minimum atomic E-state index is -0.120. The highest BCUT2D eigenvalue weighted by molar-refractivity contribution is 7.99. The number of fused-ring (bicyclic) bond motifs is 1. The SMILES string of the molecule is O=C(NCCCN=C1NSC2C=CC=CC12)c1cccc(-c2ccccc2O)c1. The molecule has 1 aliphatic carbocycles. The average molecular weight is 406 g/mol. The summed E-state index contributed by atoms with van der Waals surface area (Å²) >= 11 is 1.69. The van der Waals surface area contributed by atoms with E-state index in [0.29, 0.717) is 35.4 Å². The molecule has 1 aliphatic heterocycles. The van der Waals surface area contributed by atoms with Crippen LogP contribution in [0, 0.1) is 5.92 Å². The summed E-state index contributed by atoms with van der Waals surface area (Å²) in [5.74, 6) is 1.43. The maximum Gasteiger partial charge on any atom is 0.251 e. The predicted octanol–water partition coefficient (Wildman–Crippen LogP) is 3.94. The Hall–Kier alpha value is -2.99. The number of amidine groups is 1. The van der Waals surface area contributed by atoms with Gasteiger partial charge >= 0.3 is 0 Å². The number of phenols is 1. The third-order valence-corrected chi connectivity index (χ3v) is 5.99. The number of phenolic OH excluding ortho intramolecular Hbond substituents is 1. The molecule has 2 unspecified atom stereocenters. The number of aromatic hydroxyl groups is 1. The van der Waals surface area contributed by atoms with Gasteiger partial charge in [0.15, 0.2) is 0 Å². The Balaban J connectivity index is 1.29. The monoisotopic (exact) mass is 405 g/mol. The maximum atomic E-state index is 12.5. The van der Waals surface area contributed by atoms with E-state index in [0.717, 1.165) is 17.8 Å². The van der Waals surface area contributed by atoms with Gasteiger partial charge in [0, 0.05) is 24.2 Å². The summed E-state index contributed by atoms with van der Waals surface area (Å²) < 4.78 is 3.31. The maximum absolute atomic E-state index is 12.5. The Morgan fingerprint density at radius 2 is 2.00 bits per heavy atom. The Labute approximate surface area is 174 Å². The number of carbonyl (C=O) groups excluding carboxylic acids is 1. The Morgan fingerprint density at radius 1 is 1.14 bits per heavy atom. The van der Waals surface area contributed by atoms with Crippen molar-refractivity contribution in [2.45, 2.75) is 11.7 Å². The van der Waals surface area contributed by atoms with Gasteiger partial charge in [0.1, 0.15) is 11.6 Å². The van der Waals surface area contributed by atoms with Crippen LogP contribution in [0.4, 0.5) is 0 Å². The summed E-state index contributed by atoms with van der Waals surface area (Å²) in [6, 6.07) is 14.4. The van der Waals surface area contributed by atoms with Crippen molar-refractivity contribution in [1.29, 1.82) is 0 Å². The van der Waals surface area contributed by atoms with Crippen molar-refractivity contribution in [3.63, 3.8) is 0 Å². The topological polar surface area (TPSA) is 73.7 Å². The van der Waals surface area contributed by atoms with Crippen LogP contribution in [0.1, 0.15) is 16.8 Å². The van der Waals surface area contributed by atoms with Crippen LogP contribution in [0.25, 0.3) is 11.1 Å². The van der Waals surface area contributed by atoms with Crippen molar-refractivity contribution in [2.75, 3.05) is 13.1 Å². The Bertz CT molecular complexity index is 984. The molecule has 2 aromatic rings. The molecule has 1 amide bonds. The van der Waals surface area contributed by atoms with E-state index in [-0.39, 0.29) is 11.7 Å². The number of nitrogens with zero attached hydrogens (tertiary/aromatic N) is 1. The largest absolute Gasteiger partial charge is 0.507 e. The number of hydrogen-bond acceptors (Lipinski definition) is 4. The van der Waals surface area contributed by atoms with E-state index < -0.39 is 0 Å². The molecule has 3 N–H and O–H groups in total. The molecule has 1 heterocycles. The zero-order chi connectivity index (χ0) is 20.1. The Kier molecular flexibility index (Phi) is 6.00. The molecular formula is C23H23N3O2S. The Morgan fingerprint density at radius 3 is 2.90 bits per heavy atom. The molecule has 4 rings (SSSR count). The molecule has 5 nitrogen and oxygen atoms in total. The molecule has 0 radical (unpaired) electrons. The highest BCUT2D eigenvalue weighted by atomic mass is 32.2. The number of aliphatic imine (C=N–C) groups is 1. The molecular weight excluding hydrogens is 382 g/mol. The van der Waals surface area contributed by atoms with E-state index in [1.54, 1.807) is 36.2 Å². The second kappa shape index (κ2) is 9.01. The van der Waals surface area contributed by atoms with Gasteiger partial charge in [0.2, 0.25) is 0 Å². The minimum absolute atomic E-state index is 0.120. The molecule has 29 heavy (non-hydrogen) atoms. The summed E-state index contributed by atoms with van der Waals surface area (Å²) in [4.78, 5) is 17.1. The van der Waals surface area contributed by atoms with Crippen molar-refractivity contribution in [3.05, 3.63) is 78.4 Å². The summed E-state index contributed by atoms with van der Waals surface area (Å²) in [5.41, 5.74) is 2.11.